The lowest BCUT2D eigenvalue weighted by Gasteiger charge is -2.05. The van der Waals surface area contributed by atoms with Crippen molar-refractivity contribution in [2.45, 2.75) is 0 Å². The molecule has 6 heteroatoms. The van der Waals surface area contributed by atoms with Gasteiger partial charge in [-0.2, -0.15) is 5.10 Å². The van der Waals surface area contributed by atoms with E-state index in [2.05, 4.69) is 26.0 Å². The van der Waals surface area contributed by atoms with Gasteiger partial charge in [0.1, 0.15) is 17.3 Å². The van der Waals surface area contributed by atoms with Crippen LogP contribution in [0.4, 0.5) is 10.2 Å². The van der Waals surface area contributed by atoms with Crippen LogP contribution in [-0.2, 0) is 7.05 Å². The van der Waals surface area contributed by atoms with Gasteiger partial charge in [0.25, 0.3) is 0 Å². The van der Waals surface area contributed by atoms with Crippen LogP contribution in [0.5, 0.6) is 0 Å². The minimum atomic E-state index is -0.333. The molecule has 0 aliphatic rings. The van der Waals surface area contributed by atoms with Crippen molar-refractivity contribution in [2.75, 3.05) is 5.73 Å². The topological polar surface area (TPSA) is 56.7 Å². The molecule has 0 radical (unpaired) electrons. The maximum absolute atomic E-state index is 13.6. The van der Waals surface area contributed by atoms with Crippen molar-refractivity contribution in [2.24, 2.45) is 7.05 Å². The monoisotopic (exact) mass is 346 g/mol. The Morgan fingerprint density at radius 2 is 2.05 bits per heavy atom. The van der Waals surface area contributed by atoms with E-state index in [0.29, 0.717) is 21.5 Å². The highest BCUT2D eigenvalue weighted by molar-refractivity contribution is 9.10. The third-order valence-corrected chi connectivity index (χ3v) is 3.64. The number of pyridine rings is 1. The first-order valence-electron chi connectivity index (χ1n) is 6.25. The highest BCUT2D eigenvalue weighted by Crippen LogP contribution is 2.36. The number of halogens is 2. The summed E-state index contributed by atoms with van der Waals surface area (Å²) >= 11 is 3.30. The Hall–Kier alpha value is -2.21. The van der Waals surface area contributed by atoms with Crippen LogP contribution in [-0.4, -0.2) is 14.8 Å². The fourth-order valence-electron chi connectivity index (χ4n) is 2.22. The molecule has 2 N–H and O–H groups in total. The van der Waals surface area contributed by atoms with E-state index < -0.39 is 0 Å². The third-order valence-electron chi connectivity index (χ3n) is 3.18. The van der Waals surface area contributed by atoms with Gasteiger partial charge in [-0.05, 0) is 24.3 Å². The van der Waals surface area contributed by atoms with Crippen LogP contribution >= 0.6 is 15.9 Å². The number of hydrogen-bond acceptors (Lipinski definition) is 3. The summed E-state index contributed by atoms with van der Waals surface area (Å²) in [5.41, 5.74) is 9.00. The van der Waals surface area contributed by atoms with Gasteiger partial charge in [0.2, 0.25) is 0 Å². The second-order valence-corrected chi connectivity index (χ2v) is 5.55. The van der Waals surface area contributed by atoms with E-state index in [0.717, 1.165) is 11.1 Å². The van der Waals surface area contributed by atoms with Crippen molar-refractivity contribution < 1.29 is 4.39 Å². The third kappa shape index (κ3) is 2.54. The van der Waals surface area contributed by atoms with Crippen molar-refractivity contribution in [1.29, 1.82) is 0 Å². The second kappa shape index (κ2) is 5.29. The minimum Gasteiger partial charge on any atom is -0.383 e. The SMILES string of the molecule is Cn1nc(-c2cc(F)cc(Br)c2)c(-c2cccnc2)c1N. The van der Waals surface area contributed by atoms with Gasteiger partial charge in [-0.3, -0.25) is 9.67 Å². The molecule has 21 heavy (non-hydrogen) atoms. The Morgan fingerprint density at radius 1 is 1.24 bits per heavy atom. The van der Waals surface area contributed by atoms with Crippen molar-refractivity contribution in [3.05, 3.63) is 53.0 Å². The molecule has 3 aromatic rings. The molecular formula is C15H12BrFN4. The Kier molecular flexibility index (Phi) is 3.47. The number of nitrogens with zero attached hydrogens (tertiary/aromatic N) is 3. The number of nitrogen functional groups attached to an aromatic ring is 1. The molecule has 2 heterocycles. The second-order valence-electron chi connectivity index (χ2n) is 4.63. The van der Waals surface area contributed by atoms with Crippen molar-refractivity contribution >= 4 is 21.7 Å². The molecule has 0 atom stereocenters. The van der Waals surface area contributed by atoms with Crippen LogP contribution in [0.3, 0.4) is 0 Å². The zero-order valence-corrected chi connectivity index (χ0v) is 12.8. The predicted octanol–water partition coefficient (Wildman–Crippen LogP) is 3.63. The van der Waals surface area contributed by atoms with Gasteiger partial charge in [0, 0.05) is 35.0 Å². The highest BCUT2D eigenvalue weighted by atomic mass is 79.9. The van der Waals surface area contributed by atoms with Gasteiger partial charge < -0.3 is 5.73 Å². The Morgan fingerprint density at radius 3 is 2.71 bits per heavy atom. The molecule has 0 amide bonds. The molecule has 2 aromatic heterocycles. The minimum absolute atomic E-state index is 0.333. The lowest BCUT2D eigenvalue weighted by Crippen LogP contribution is -1.98. The van der Waals surface area contributed by atoms with Gasteiger partial charge in [0.05, 0.1) is 5.56 Å². The fraction of sp³-hybridized carbons (Fsp3) is 0.0667. The van der Waals surface area contributed by atoms with Gasteiger partial charge in [0.15, 0.2) is 0 Å². The van der Waals surface area contributed by atoms with Crippen LogP contribution in [0.15, 0.2) is 47.2 Å². The average molecular weight is 347 g/mol. The summed E-state index contributed by atoms with van der Waals surface area (Å²) in [5, 5.41) is 4.42. The normalized spacial score (nSPS) is 10.8. The molecule has 3 rings (SSSR count). The quantitative estimate of drug-likeness (QED) is 0.770. The first-order valence-corrected chi connectivity index (χ1v) is 7.05. The number of aromatic nitrogens is 3. The summed E-state index contributed by atoms with van der Waals surface area (Å²) in [6.07, 6.45) is 3.40. The summed E-state index contributed by atoms with van der Waals surface area (Å²) < 4.78 is 15.9. The molecule has 0 unspecified atom stereocenters. The van der Waals surface area contributed by atoms with Gasteiger partial charge in [-0.1, -0.05) is 22.0 Å². The van der Waals surface area contributed by atoms with Crippen molar-refractivity contribution in [1.82, 2.24) is 14.8 Å². The zero-order valence-electron chi connectivity index (χ0n) is 11.2. The van der Waals surface area contributed by atoms with Crippen molar-refractivity contribution in [3.63, 3.8) is 0 Å². The Balaban J connectivity index is 2.26. The molecule has 0 saturated carbocycles. The van der Waals surface area contributed by atoms with Crippen LogP contribution in [0.1, 0.15) is 0 Å². The van der Waals surface area contributed by atoms with E-state index in [-0.39, 0.29) is 5.82 Å². The van der Waals surface area contributed by atoms with Gasteiger partial charge >= 0.3 is 0 Å². The summed E-state index contributed by atoms with van der Waals surface area (Å²) in [6.45, 7) is 0. The van der Waals surface area contributed by atoms with E-state index in [4.69, 9.17) is 5.73 Å². The number of anilines is 1. The molecule has 4 nitrogen and oxygen atoms in total. The van der Waals surface area contributed by atoms with Crippen LogP contribution < -0.4 is 5.73 Å². The summed E-state index contributed by atoms with van der Waals surface area (Å²) in [5.74, 6) is 0.180. The molecule has 106 valence electrons. The summed E-state index contributed by atoms with van der Waals surface area (Å²) in [6, 6.07) is 8.38. The maximum Gasteiger partial charge on any atom is 0.129 e. The average Bonchev–Trinajstić information content (AvgIpc) is 2.75. The number of hydrogen-bond donors (Lipinski definition) is 1. The number of aryl methyl sites for hydroxylation is 1. The molecule has 0 fully saturated rings. The standard InChI is InChI=1S/C15H12BrFN4/c1-21-15(18)13(9-3-2-4-19-8-9)14(20-21)10-5-11(16)7-12(17)6-10/h2-8H,18H2,1H3. The van der Waals surface area contributed by atoms with E-state index >= 15 is 0 Å². The first-order chi connectivity index (χ1) is 10.1. The smallest absolute Gasteiger partial charge is 0.129 e. The molecule has 0 aliphatic heterocycles. The number of rotatable bonds is 2. The molecule has 1 aromatic carbocycles. The Bertz CT molecular complexity index is 779. The first kappa shape index (κ1) is 13.8. The lowest BCUT2D eigenvalue weighted by molar-refractivity contribution is 0.627. The van der Waals surface area contributed by atoms with Crippen LogP contribution in [0.25, 0.3) is 22.4 Å². The van der Waals surface area contributed by atoms with E-state index in [1.807, 2.05) is 18.2 Å². The predicted molar refractivity (Wildman–Crippen MR) is 83.9 cm³/mol. The molecule has 0 bridgehead atoms. The van der Waals surface area contributed by atoms with Gasteiger partial charge in [-0.15, -0.1) is 0 Å². The highest BCUT2D eigenvalue weighted by Gasteiger charge is 2.18. The number of benzene rings is 1. The number of nitrogens with two attached hydrogens (primary N) is 1. The molecule has 0 saturated heterocycles. The van der Waals surface area contributed by atoms with E-state index in [1.165, 1.54) is 12.1 Å². The van der Waals surface area contributed by atoms with E-state index in [9.17, 15) is 4.39 Å². The van der Waals surface area contributed by atoms with Crippen LogP contribution in [0, 0.1) is 5.82 Å². The molecule has 0 spiro atoms. The van der Waals surface area contributed by atoms with Gasteiger partial charge in [-0.25, -0.2) is 4.39 Å². The molecular weight excluding hydrogens is 335 g/mol. The largest absolute Gasteiger partial charge is 0.383 e. The summed E-state index contributed by atoms with van der Waals surface area (Å²) in [4.78, 5) is 4.11. The van der Waals surface area contributed by atoms with Crippen molar-refractivity contribution in [3.8, 4) is 22.4 Å². The zero-order chi connectivity index (χ0) is 15.0. The summed E-state index contributed by atoms with van der Waals surface area (Å²) in [7, 11) is 1.76. The van der Waals surface area contributed by atoms with Crippen LogP contribution in [0.2, 0.25) is 0 Å². The van der Waals surface area contributed by atoms with E-state index in [1.54, 1.807) is 24.1 Å². The fourth-order valence-corrected chi connectivity index (χ4v) is 2.69. The lowest BCUT2D eigenvalue weighted by atomic mass is 10.0. The maximum atomic E-state index is 13.6. The molecule has 0 aliphatic carbocycles. The Labute approximate surface area is 129 Å².